The second kappa shape index (κ2) is 13.3. The molecule has 0 saturated heterocycles. The van der Waals surface area contributed by atoms with E-state index < -0.39 is 8.07 Å². The first-order valence-electron chi connectivity index (χ1n) is 17.7. The second-order valence-electron chi connectivity index (χ2n) is 15.4. The van der Waals surface area contributed by atoms with Gasteiger partial charge in [0.15, 0.2) is 0 Å². The fraction of sp³-hybridized carbons (Fsp3) is 0.222. The molecular formula is C45H44N4PtSi. The van der Waals surface area contributed by atoms with Gasteiger partial charge in [0.05, 0.1) is 26.1 Å². The SMILES string of the molecule is CC(C)c1ccccc1-c1ccnc(-n2c3[c-]c([Si](C)(C)c4[c-]c(N5CN(C(C)(C)C)c6ccccc65)ccc4)ccc3c3ccccc32)c1.[Pt+2]. The molecule has 0 spiro atoms. The zero-order chi connectivity index (χ0) is 34.8. The predicted molar refractivity (Wildman–Crippen MR) is 215 cm³/mol. The van der Waals surface area contributed by atoms with Crippen LogP contribution >= 0.6 is 0 Å². The summed E-state index contributed by atoms with van der Waals surface area (Å²) in [6.45, 7) is 17.0. The number of hydrogen-bond acceptors (Lipinski definition) is 3. The topological polar surface area (TPSA) is 24.3 Å². The molecule has 2 aromatic heterocycles. The molecule has 0 N–H and O–H groups in total. The minimum absolute atomic E-state index is 0. The zero-order valence-electron chi connectivity index (χ0n) is 30.4. The van der Waals surface area contributed by atoms with E-state index in [1.54, 1.807) is 0 Å². The molecule has 3 heterocycles. The quantitative estimate of drug-likeness (QED) is 0.123. The van der Waals surface area contributed by atoms with Crippen LogP contribution in [0.1, 0.15) is 46.1 Å². The summed E-state index contributed by atoms with van der Waals surface area (Å²) in [7, 11) is -2.24. The van der Waals surface area contributed by atoms with E-state index in [2.05, 4.69) is 189 Å². The van der Waals surface area contributed by atoms with Crippen LogP contribution in [-0.2, 0) is 21.1 Å². The molecule has 4 nitrogen and oxygen atoms in total. The largest absolute Gasteiger partial charge is 2.00 e. The molecular weight excluding hydrogens is 820 g/mol. The molecule has 0 atom stereocenters. The molecule has 258 valence electrons. The third-order valence-corrected chi connectivity index (χ3v) is 13.7. The van der Waals surface area contributed by atoms with Gasteiger partial charge < -0.3 is 14.4 Å². The minimum atomic E-state index is -2.24. The third-order valence-electron chi connectivity index (χ3n) is 10.4. The van der Waals surface area contributed by atoms with Crippen LogP contribution in [-0.4, -0.2) is 29.8 Å². The average molecular weight is 864 g/mol. The molecule has 0 bridgehead atoms. The number of nitrogens with zero attached hydrogens (tertiary/aromatic N) is 4. The van der Waals surface area contributed by atoms with Crippen LogP contribution < -0.4 is 20.2 Å². The molecule has 1 aliphatic heterocycles. The van der Waals surface area contributed by atoms with Crippen molar-refractivity contribution in [2.24, 2.45) is 0 Å². The first-order valence-corrected chi connectivity index (χ1v) is 20.7. The maximum Gasteiger partial charge on any atom is 2.00 e. The molecule has 0 fully saturated rings. The molecule has 5 aromatic carbocycles. The van der Waals surface area contributed by atoms with Gasteiger partial charge >= 0.3 is 21.1 Å². The summed E-state index contributed by atoms with van der Waals surface area (Å²) < 4.78 is 2.31. The maximum atomic E-state index is 4.97. The molecule has 0 radical (unpaired) electrons. The van der Waals surface area contributed by atoms with Gasteiger partial charge in [0.1, 0.15) is 5.82 Å². The van der Waals surface area contributed by atoms with Crippen LogP contribution in [0, 0.1) is 12.1 Å². The summed E-state index contributed by atoms with van der Waals surface area (Å²) in [6.07, 6.45) is 1.95. The number of fused-ring (bicyclic) bond motifs is 4. The van der Waals surface area contributed by atoms with E-state index in [0.717, 1.165) is 29.2 Å². The van der Waals surface area contributed by atoms with Crippen molar-refractivity contribution >= 4 is 57.3 Å². The Morgan fingerprint density at radius 1 is 0.725 bits per heavy atom. The summed E-state index contributed by atoms with van der Waals surface area (Å²) in [6, 6.07) is 49.7. The van der Waals surface area contributed by atoms with E-state index in [0.29, 0.717) is 5.92 Å². The molecule has 6 heteroatoms. The molecule has 0 unspecified atom stereocenters. The third kappa shape index (κ3) is 6.05. The van der Waals surface area contributed by atoms with Crippen molar-refractivity contribution in [3.05, 3.63) is 139 Å². The van der Waals surface area contributed by atoms with Gasteiger partial charge in [-0.25, -0.2) is 4.98 Å². The molecule has 0 amide bonds. The van der Waals surface area contributed by atoms with Gasteiger partial charge in [0.25, 0.3) is 0 Å². The van der Waals surface area contributed by atoms with Crippen molar-refractivity contribution in [2.45, 2.75) is 59.2 Å². The van der Waals surface area contributed by atoms with Crippen LogP contribution in [0.5, 0.6) is 0 Å². The van der Waals surface area contributed by atoms with E-state index >= 15 is 0 Å². The molecule has 0 saturated carbocycles. The Morgan fingerprint density at radius 2 is 1.43 bits per heavy atom. The van der Waals surface area contributed by atoms with Crippen molar-refractivity contribution in [3.8, 4) is 16.9 Å². The van der Waals surface area contributed by atoms with Crippen molar-refractivity contribution in [1.29, 1.82) is 0 Å². The van der Waals surface area contributed by atoms with Gasteiger partial charge in [0, 0.05) is 17.3 Å². The van der Waals surface area contributed by atoms with Crippen LogP contribution in [0.25, 0.3) is 38.8 Å². The van der Waals surface area contributed by atoms with Crippen LogP contribution in [0.3, 0.4) is 0 Å². The summed E-state index contributed by atoms with van der Waals surface area (Å²) >= 11 is 0. The van der Waals surface area contributed by atoms with Gasteiger partial charge in [-0.2, -0.15) is 46.8 Å². The predicted octanol–water partition coefficient (Wildman–Crippen LogP) is 10.1. The van der Waals surface area contributed by atoms with Gasteiger partial charge in [-0.05, 0) is 79.1 Å². The van der Waals surface area contributed by atoms with Crippen LogP contribution in [0.4, 0.5) is 17.1 Å². The maximum absolute atomic E-state index is 4.97. The van der Waals surface area contributed by atoms with E-state index in [1.165, 1.54) is 49.2 Å². The van der Waals surface area contributed by atoms with Gasteiger partial charge in [-0.3, -0.25) is 0 Å². The Morgan fingerprint density at radius 3 is 2.22 bits per heavy atom. The Kier molecular flexibility index (Phi) is 9.10. The van der Waals surface area contributed by atoms with E-state index in [-0.39, 0.29) is 26.6 Å². The Hall–Kier alpha value is -4.44. The Bertz CT molecular complexity index is 2380. The smallest absolute Gasteiger partial charge is 0.347 e. The van der Waals surface area contributed by atoms with E-state index in [9.17, 15) is 0 Å². The average Bonchev–Trinajstić information content (AvgIpc) is 3.68. The number of pyridine rings is 1. The van der Waals surface area contributed by atoms with Gasteiger partial charge in [-0.1, -0.05) is 92.7 Å². The normalized spacial score (nSPS) is 13.3. The van der Waals surface area contributed by atoms with Crippen LogP contribution in [0.15, 0.2) is 121 Å². The number of anilines is 3. The molecule has 0 aliphatic carbocycles. The standard InChI is InChI=1S/C45H44N4Si.Pt/c1-31(2)36-17-8-9-18-37(36)32-25-26-46-44(27-32)49-40-20-11-10-19-38(40)39-24-23-35(29-43(39)49)50(6,7)34-16-14-15-33(28-34)47-30-48(45(3,4)5)42-22-13-12-21-41(42)47;/h8-27,31H,30H2,1-7H3;/q-2;+2. The summed E-state index contributed by atoms with van der Waals surface area (Å²) in [4.78, 5) is 9.86. The summed E-state index contributed by atoms with van der Waals surface area (Å²) in [5.41, 5.74) is 9.61. The first-order chi connectivity index (χ1) is 24.0. The van der Waals surface area contributed by atoms with Crippen molar-refractivity contribution in [1.82, 2.24) is 9.55 Å². The number of aromatic nitrogens is 2. The molecule has 1 aliphatic rings. The van der Waals surface area contributed by atoms with Crippen molar-refractivity contribution in [2.75, 3.05) is 16.5 Å². The molecule has 7 aromatic rings. The summed E-state index contributed by atoms with van der Waals surface area (Å²) in [5.74, 6) is 1.33. The fourth-order valence-electron chi connectivity index (χ4n) is 7.58. The van der Waals surface area contributed by atoms with Crippen LogP contribution in [0.2, 0.25) is 13.1 Å². The number of hydrogen-bond donors (Lipinski definition) is 0. The second-order valence-corrected chi connectivity index (χ2v) is 19.7. The fourth-order valence-corrected chi connectivity index (χ4v) is 9.76. The van der Waals surface area contributed by atoms with Gasteiger partial charge in [-0.15, -0.1) is 11.5 Å². The van der Waals surface area contributed by atoms with Gasteiger partial charge in [0.2, 0.25) is 0 Å². The molecule has 8 rings (SSSR count). The number of benzene rings is 5. The first kappa shape index (κ1) is 35.0. The monoisotopic (exact) mass is 863 g/mol. The summed E-state index contributed by atoms with van der Waals surface area (Å²) in [5, 5.41) is 4.93. The van der Waals surface area contributed by atoms with Crippen molar-refractivity contribution < 1.29 is 21.1 Å². The Labute approximate surface area is 318 Å². The molecule has 51 heavy (non-hydrogen) atoms. The number of para-hydroxylation sites is 3. The minimum Gasteiger partial charge on any atom is -0.347 e. The van der Waals surface area contributed by atoms with Crippen molar-refractivity contribution in [3.63, 3.8) is 0 Å². The Balaban J connectivity index is 0.00000406. The van der Waals surface area contributed by atoms with E-state index in [1.807, 2.05) is 6.20 Å². The van der Waals surface area contributed by atoms with E-state index in [4.69, 9.17) is 4.98 Å². The zero-order valence-corrected chi connectivity index (χ0v) is 33.7. The number of rotatable bonds is 6.